The van der Waals surface area contributed by atoms with Gasteiger partial charge < -0.3 is 5.32 Å². The van der Waals surface area contributed by atoms with Crippen molar-refractivity contribution in [1.82, 2.24) is 0 Å². The summed E-state index contributed by atoms with van der Waals surface area (Å²) in [6.45, 7) is -0.537. The van der Waals surface area contributed by atoms with E-state index >= 15 is 0 Å². The van der Waals surface area contributed by atoms with Gasteiger partial charge in [0.2, 0.25) is 15.9 Å². The molecule has 1 amide bonds. The number of para-hydroxylation sites is 1. The Bertz CT molecular complexity index is 1340. The van der Waals surface area contributed by atoms with Gasteiger partial charge in [-0.3, -0.25) is 13.8 Å². The van der Waals surface area contributed by atoms with Crippen LogP contribution in [0.15, 0.2) is 77.7 Å². The average molecular weight is 528 g/mol. The Balaban J connectivity index is 1.73. The van der Waals surface area contributed by atoms with Crippen molar-refractivity contribution < 1.29 is 21.6 Å². The molecule has 0 aliphatic carbocycles. The summed E-state index contributed by atoms with van der Waals surface area (Å²) < 4.78 is 52.8. The van der Waals surface area contributed by atoms with Gasteiger partial charge in [0.25, 0.3) is 10.0 Å². The van der Waals surface area contributed by atoms with E-state index in [0.717, 1.165) is 10.6 Å². The molecule has 0 heterocycles. The third-order valence-corrected chi connectivity index (χ3v) is 7.27. The van der Waals surface area contributed by atoms with Gasteiger partial charge in [0.1, 0.15) is 6.54 Å². The first-order valence-corrected chi connectivity index (χ1v) is 13.4. The third kappa shape index (κ3) is 6.84. The first-order chi connectivity index (χ1) is 15.4. The summed E-state index contributed by atoms with van der Waals surface area (Å²) in [4.78, 5) is 12.5. The molecule has 0 fully saturated rings. The van der Waals surface area contributed by atoms with Crippen LogP contribution in [-0.4, -0.2) is 35.5 Å². The lowest BCUT2D eigenvalue weighted by Gasteiger charge is -2.22. The van der Waals surface area contributed by atoms with Crippen molar-refractivity contribution in [2.24, 2.45) is 0 Å². The minimum Gasteiger partial charge on any atom is -0.325 e. The highest BCUT2D eigenvalue weighted by Gasteiger charge is 2.22. The molecule has 0 aliphatic heterocycles. The molecule has 3 aromatic carbocycles. The van der Waals surface area contributed by atoms with E-state index in [2.05, 4.69) is 10.0 Å². The third-order valence-electron chi connectivity index (χ3n) is 4.30. The highest BCUT2D eigenvalue weighted by atomic mass is 35.5. The van der Waals surface area contributed by atoms with E-state index < -0.39 is 32.5 Å². The van der Waals surface area contributed by atoms with Crippen LogP contribution in [0.3, 0.4) is 0 Å². The molecule has 0 spiro atoms. The molecule has 0 atom stereocenters. The molecule has 0 aliphatic rings. The molecule has 0 unspecified atom stereocenters. The van der Waals surface area contributed by atoms with Crippen LogP contribution in [0.4, 0.5) is 17.1 Å². The lowest BCUT2D eigenvalue weighted by molar-refractivity contribution is -0.114. The van der Waals surface area contributed by atoms with E-state index in [1.54, 1.807) is 30.3 Å². The number of hydrogen-bond donors (Lipinski definition) is 2. The van der Waals surface area contributed by atoms with E-state index in [1.165, 1.54) is 42.5 Å². The second-order valence-corrected chi connectivity index (χ2v) is 11.4. The zero-order valence-corrected chi connectivity index (χ0v) is 20.3. The lowest BCUT2D eigenvalue weighted by atomic mass is 10.3. The van der Waals surface area contributed by atoms with Gasteiger partial charge in [0, 0.05) is 21.4 Å². The second kappa shape index (κ2) is 10.0. The highest BCUT2D eigenvalue weighted by molar-refractivity contribution is 7.92. The molecule has 8 nitrogen and oxygen atoms in total. The van der Waals surface area contributed by atoms with Crippen LogP contribution >= 0.6 is 23.2 Å². The predicted molar refractivity (Wildman–Crippen MR) is 131 cm³/mol. The van der Waals surface area contributed by atoms with Gasteiger partial charge in [-0.25, -0.2) is 16.8 Å². The standard InChI is InChI=1S/C21H19Cl2N3O5S2/c1-32(28,29)26(19-12-15(22)11-16(23)13-19)14-21(27)24-17-7-9-20(10-8-17)33(30,31)25-18-5-3-2-4-6-18/h2-13,25H,14H2,1H3,(H,24,27). The van der Waals surface area contributed by atoms with Gasteiger partial charge in [0.05, 0.1) is 16.8 Å². The number of carbonyl (C=O) groups is 1. The summed E-state index contributed by atoms with van der Waals surface area (Å²) in [6.07, 6.45) is 0.953. The van der Waals surface area contributed by atoms with Crippen LogP contribution in [0.1, 0.15) is 0 Å². The summed E-state index contributed by atoms with van der Waals surface area (Å²) in [5, 5.41) is 2.98. The number of sulfonamides is 2. The zero-order valence-electron chi connectivity index (χ0n) is 17.2. The minimum atomic E-state index is -3.83. The van der Waals surface area contributed by atoms with Crippen LogP contribution in [-0.2, 0) is 24.8 Å². The van der Waals surface area contributed by atoms with Gasteiger partial charge in [-0.15, -0.1) is 0 Å². The average Bonchev–Trinajstić information content (AvgIpc) is 2.71. The van der Waals surface area contributed by atoms with Crippen LogP contribution in [0, 0.1) is 0 Å². The molecule has 2 N–H and O–H groups in total. The second-order valence-electron chi connectivity index (χ2n) is 6.94. The quantitative estimate of drug-likeness (QED) is 0.455. The largest absolute Gasteiger partial charge is 0.325 e. The van der Waals surface area contributed by atoms with E-state index in [0.29, 0.717) is 5.69 Å². The van der Waals surface area contributed by atoms with Gasteiger partial charge in [0.15, 0.2) is 0 Å². The predicted octanol–water partition coefficient (Wildman–Crippen LogP) is 4.20. The van der Waals surface area contributed by atoms with Crippen molar-refractivity contribution >= 4 is 66.2 Å². The molecule has 174 valence electrons. The van der Waals surface area contributed by atoms with Crippen molar-refractivity contribution in [1.29, 1.82) is 0 Å². The maximum absolute atomic E-state index is 12.5. The molecule has 0 saturated carbocycles. The molecule has 12 heteroatoms. The van der Waals surface area contributed by atoms with Gasteiger partial charge in [-0.1, -0.05) is 41.4 Å². The number of amides is 1. The fourth-order valence-corrected chi connectivity index (χ4v) is 5.27. The summed E-state index contributed by atoms with van der Waals surface area (Å²) in [7, 11) is -7.64. The summed E-state index contributed by atoms with van der Waals surface area (Å²) in [5.41, 5.74) is 0.840. The van der Waals surface area contributed by atoms with Crippen LogP contribution in [0.5, 0.6) is 0 Å². The zero-order chi connectivity index (χ0) is 24.2. The number of nitrogens with one attached hydrogen (secondary N) is 2. The number of anilines is 3. The fourth-order valence-electron chi connectivity index (χ4n) is 2.85. The molecular weight excluding hydrogens is 509 g/mol. The van der Waals surface area contributed by atoms with Crippen molar-refractivity contribution in [2.75, 3.05) is 27.1 Å². The SMILES string of the molecule is CS(=O)(=O)N(CC(=O)Nc1ccc(S(=O)(=O)Nc2ccccc2)cc1)c1cc(Cl)cc(Cl)c1. The van der Waals surface area contributed by atoms with Crippen molar-refractivity contribution in [3.05, 3.63) is 82.8 Å². The Morgan fingerprint density at radius 1 is 0.848 bits per heavy atom. The summed E-state index contributed by atoms with van der Waals surface area (Å²) >= 11 is 11.9. The monoisotopic (exact) mass is 527 g/mol. The smallest absolute Gasteiger partial charge is 0.261 e. The maximum atomic E-state index is 12.5. The number of rotatable bonds is 8. The van der Waals surface area contributed by atoms with E-state index in [9.17, 15) is 21.6 Å². The van der Waals surface area contributed by atoms with Gasteiger partial charge >= 0.3 is 0 Å². The van der Waals surface area contributed by atoms with E-state index in [1.807, 2.05) is 0 Å². The number of benzene rings is 3. The van der Waals surface area contributed by atoms with E-state index in [4.69, 9.17) is 23.2 Å². The first-order valence-electron chi connectivity index (χ1n) is 9.36. The number of hydrogen-bond acceptors (Lipinski definition) is 5. The molecular formula is C21H19Cl2N3O5S2. The maximum Gasteiger partial charge on any atom is 0.261 e. The summed E-state index contributed by atoms with van der Waals surface area (Å²) in [6, 6.07) is 18.1. The van der Waals surface area contributed by atoms with Crippen molar-refractivity contribution in [3.8, 4) is 0 Å². The Morgan fingerprint density at radius 2 is 1.42 bits per heavy atom. The molecule has 33 heavy (non-hydrogen) atoms. The Labute approximate surface area is 202 Å². The Hall–Kier alpha value is -2.79. The van der Waals surface area contributed by atoms with Crippen molar-refractivity contribution in [3.63, 3.8) is 0 Å². The van der Waals surface area contributed by atoms with Crippen LogP contribution in [0.25, 0.3) is 0 Å². The molecule has 3 aromatic rings. The van der Waals surface area contributed by atoms with E-state index in [-0.39, 0.29) is 26.3 Å². The highest BCUT2D eigenvalue weighted by Crippen LogP contribution is 2.27. The van der Waals surface area contributed by atoms with Crippen LogP contribution in [0.2, 0.25) is 10.0 Å². The Morgan fingerprint density at radius 3 is 1.97 bits per heavy atom. The lowest BCUT2D eigenvalue weighted by Crippen LogP contribution is -2.37. The molecule has 3 rings (SSSR count). The Kier molecular flexibility index (Phi) is 7.53. The topological polar surface area (TPSA) is 113 Å². The minimum absolute atomic E-state index is 0.00400. The molecule has 0 bridgehead atoms. The number of halogens is 2. The molecule has 0 aromatic heterocycles. The van der Waals surface area contributed by atoms with Crippen molar-refractivity contribution in [2.45, 2.75) is 4.90 Å². The van der Waals surface area contributed by atoms with Gasteiger partial charge in [-0.2, -0.15) is 0 Å². The number of nitrogens with zero attached hydrogens (tertiary/aromatic N) is 1. The number of carbonyl (C=O) groups excluding carboxylic acids is 1. The summed E-state index contributed by atoms with van der Waals surface area (Å²) in [5.74, 6) is -0.644. The van der Waals surface area contributed by atoms with Gasteiger partial charge in [-0.05, 0) is 54.6 Å². The molecule has 0 radical (unpaired) electrons. The van der Waals surface area contributed by atoms with Crippen LogP contribution < -0.4 is 14.3 Å². The first kappa shape index (κ1) is 24.8. The molecule has 0 saturated heterocycles. The fraction of sp³-hybridized carbons (Fsp3) is 0.0952. The normalized spacial score (nSPS) is 11.6.